The molecule has 0 radical (unpaired) electrons. The maximum Gasteiger partial charge on any atom is 0.276 e. The summed E-state index contributed by atoms with van der Waals surface area (Å²) in [7, 11) is 0. The Morgan fingerprint density at radius 1 is 1.28 bits per heavy atom. The molecule has 7 nitrogen and oxygen atoms in total. The van der Waals surface area contributed by atoms with Crippen LogP contribution in [0.2, 0.25) is 0 Å². The van der Waals surface area contributed by atoms with Gasteiger partial charge in [0.05, 0.1) is 18.0 Å². The lowest BCUT2D eigenvalue weighted by molar-refractivity contribution is 0.0661. The Kier molecular flexibility index (Phi) is 3.91. The number of carbonyl (C=O) groups is 1. The maximum absolute atomic E-state index is 12.8. The second-order valence-corrected chi connectivity index (χ2v) is 6.47. The summed E-state index contributed by atoms with van der Waals surface area (Å²) in [4.78, 5) is 14.6. The third-order valence-electron chi connectivity index (χ3n) is 4.57. The van der Waals surface area contributed by atoms with Crippen LogP contribution in [0.1, 0.15) is 40.8 Å². The summed E-state index contributed by atoms with van der Waals surface area (Å²) in [6, 6.07) is 7.43. The fourth-order valence-corrected chi connectivity index (χ4v) is 3.43. The predicted molar refractivity (Wildman–Crippen MR) is 90.1 cm³/mol. The quantitative estimate of drug-likeness (QED) is 0.731. The third-order valence-corrected chi connectivity index (χ3v) is 4.57. The molecule has 0 unspecified atom stereocenters. The molecule has 1 atom stereocenters. The van der Waals surface area contributed by atoms with E-state index in [1.54, 1.807) is 24.5 Å². The Balaban J connectivity index is 1.51. The van der Waals surface area contributed by atoms with Gasteiger partial charge in [-0.05, 0) is 44.9 Å². The number of amides is 1. The summed E-state index contributed by atoms with van der Waals surface area (Å²) < 4.78 is 12.6. The van der Waals surface area contributed by atoms with Crippen molar-refractivity contribution in [3.8, 4) is 11.5 Å². The monoisotopic (exact) mass is 340 g/mol. The molecule has 1 aliphatic rings. The van der Waals surface area contributed by atoms with E-state index in [0.29, 0.717) is 23.8 Å². The largest absolute Gasteiger partial charge is 0.461 e. The van der Waals surface area contributed by atoms with Crippen LogP contribution >= 0.6 is 0 Å². The van der Waals surface area contributed by atoms with E-state index in [0.717, 1.165) is 30.8 Å². The lowest BCUT2D eigenvalue weighted by Crippen LogP contribution is -2.41. The molecule has 0 N–H and O–H groups in total. The molecular formula is C18H20N4O3. The minimum absolute atomic E-state index is 0.118. The Morgan fingerprint density at radius 3 is 2.88 bits per heavy atom. The first kappa shape index (κ1) is 15.7. The van der Waals surface area contributed by atoms with Gasteiger partial charge in [0.2, 0.25) is 5.76 Å². The van der Waals surface area contributed by atoms with Crippen LogP contribution in [0.4, 0.5) is 0 Å². The number of aromatic nitrogens is 3. The number of hydrogen-bond acceptors (Lipinski definition) is 5. The molecule has 25 heavy (non-hydrogen) atoms. The van der Waals surface area contributed by atoms with Gasteiger partial charge in [0.15, 0.2) is 11.5 Å². The summed E-state index contributed by atoms with van der Waals surface area (Å²) in [5.74, 6) is 0.902. The van der Waals surface area contributed by atoms with Crippen LogP contribution < -0.4 is 0 Å². The minimum Gasteiger partial charge on any atom is -0.461 e. The molecule has 1 amide bonds. The smallest absolute Gasteiger partial charge is 0.276 e. The molecular weight excluding hydrogens is 320 g/mol. The standard InChI is InChI=1S/C18H20N4O3/c1-12-9-13(2)22(19-12)14-5-3-7-21(11-14)18(23)15-10-17(25-20-15)16-6-4-8-24-16/h4,6,8-10,14H,3,5,7,11H2,1-2H3/t14-/m0/s1. The number of furan rings is 1. The van der Waals surface area contributed by atoms with E-state index in [4.69, 9.17) is 8.94 Å². The van der Waals surface area contributed by atoms with Crippen molar-refractivity contribution in [2.24, 2.45) is 0 Å². The fraction of sp³-hybridized carbons (Fsp3) is 0.389. The van der Waals surface area contributed by atoms with E-state index < -0.39 is 0 Å². The Bertz CT molecular complexity index is 878. The van der Waals surface area contributed by atoms with Gasteiger partial charge in [0.25, 0.3) is 5.91 Å². The normalized spacial score (nSPS) is 17.8. The highest BCUT2D eigenvalue weighted by Crippen LogP contribution is 2.25. The molecule has 1 saturated heterocycles. The van der Waals surface area contributed by atoms with Gasteiger partial charge >= 0.3 is 0 Å². The lowest BCUT2D eigenvalue weighted by Gasteiger charge is -2.32. The first-order valence-corrected chi connectivity index (χ1v) is 8.44. The first-order chi connectivity index (χ1) is 12.1. The van der Waals surface area contributed by atoms with Gasteiger partial charge in [0.1, 0.15) is 0 Å². The van der Waals surface area contributed by atoms with Gasteiger partial charge in [-0.25, -0.2) is 0 Å². The van der Waals surface area contributed by atoms with Crippen LogP contribution in [-0.4, -0.2) is 38.8 Å². The molecule has 0 bridgehead atoms. The van der Waals surface area contributed by atoms with E-state index >= 15 is 0 Å². The maximum atomic E-state index is 12.8. The van der Waals surface area contributed by atoms with Crippen LogP contribution in [0.15, 0.2) is 39.5 Å². The molecule has 4 heterocycles. The van der Waals surface area contributed by atoms with Crippen LogP contribution in [-0.2, 0) is 0 Å². The zero-order chi connectivity index (χ0) is 17.4. The van der Waals surface area contributed by atoms with E-state index in [9.17, 15) is 4.79 Å². The molecule has 130 valence electrons. The molecule has 0 spiro atoms. The van der Waals surface area contributed by atoms with Crippen molar-refractivity contribution in [1.29, 1.82) is 0 Å². The molecule has 1 aliphatic heterocycles. The third kappa shape index (κ3) is 2.97. The molecule has 7 heteroatoms. The van der Waals surface area contributed by atoms with Crippen molar-refractivity contribution < 1.29 is 13.7 Å². The lowest BCUT2D eigenvalue weighted by atomic mass is 10.1. The average Bonchev–Trinajstić information content (AvgIpc) is 3.34. The van der Waals surface area contributed by atoms with Crippen molar-refractivity contribution in [2.45, 2.75) is 32.7 Å². The number of carbonyl (C=O) groups excluding carboxylic acids is 1. The van der Waals surface area contributed by atoms with Crippen LogP contribution in [0.5, 0.6) is 0 Å². The van der Waals surface area contributed by atoms with E-state index in [2.05, 4.69) is 16.3 Å². The minimum atomic E-state index is -0.118. The molecule has 3 aromatic heterocycles. The first-order valence-electron chi connectivity index (χ1n) is 8.44. The SMILES string of the molecule is Cc1cc(C)n([C@H]2CCCN(C(=O)c3cc(-c4ccco4)on3)C2)n1. The summed E-state index contributed by atoms with van der Waals surface area (Å²) in [5, 5.41) is 8.49. The molecule has 1 fully saturated rings. The summed E-state index contributed by atoms with van der Waals surface area (Å²) in [5.41, 5.74) is 2.43. The van der Waals surface area contributed by atoms with Crippen molar-refractivity contribution >= 4 is 5.91 Å². The van der Waals surface area contributed by atoms with E-state index in [1.807, 2.05) is 23.4 Å². The van der Waals surface area contributed by atoms with Gasteiger partial charge in [-0.3, -0.25) is 9.48 Å². The second kappa shape index (κ2) is 6.23. The van der Waals surface area contributed by atoms with Crippen molar-refractivity contribution in [1.82, 2.24) is 19.8 Å². The van der Waals surface area contributed by atoms with Crippen molar-refractivity contribution in [3.63, 3.8) is 0 Å². The van der Waals surface area contributed by atoms with Gasteiger partial charge in [-0.2, -0.15) is 5.10 Å². The van der Waals surface area contributed by atoms with Crippen LogP contribution in [0.25, 0.3) is 11.5 Å². The fourth-order valence-electron chi connectivity index (χ4n) is 3.43. The average molecular weight is 340 g/mol. The van der Waals surface area contributed by atoms with E-state index in [1.165, 1.54) is 0 Å². The van der Waals surface area contributed by atoms with Gasteiger partial charge in [-0.1, -0.05) is 5.16 Å². The highest BCUT2D eigenvalue weighted by atomic mass is 16.5. The summed E-state index contributed by atoms with van der Waals surface area (Å²) in [6.07, 6.45) is 3.52. The van der Waals surface area contributed by atoms with Gasteiger partial charge in [-0.15, -0.1) is 0 Å². The van der Waals surface area contributed by atoms with E-state index in [-0.39, 0.29) is 11.9 Å². The van der Waals surface area contributed by atoms with Gasteiger partial charge in [0, 0.05) is 24.8 Å². The molecule has 3 aromatic rings. The van der Waals surface area contributed by atoms with Gasteiger partial charge < -0.3 is 13.8 Å². The number of aryl methyl sites for hydroxylation is 2. The zero-order valence-corrected chi connectivity index (χ0v) is 14.3. The zero-order valence-electron chi connectivity index (χ0n) is 14.3. The highest BCUT2D eigenvalue weighted by molar-refractivity contribution is 5.93. The Morgan fingerprint density at radius 2 is 2.16 bits per heavy atom. The molecule has 4 rings (SSSR count). The number of hydrogen-bond donors (Lipinski definition) is 0. The number of rotatable bonds is 3. The number of likely N-dealkylation sites (tertiary alicyclic amines) is 1. The molecule has 0 aliphatic carbocycles. The summed E-state index contributed by atoms with van der Waals surface area (Å²) >= 11 is 0. The predicted octanol–water partition coefficient (Wildman–Crippen LogP) is 3.23. The Hall–Kier alpha value is -2.83. The summed E-state index contributed by atoms with van der Waals surface area (Å²) in [6.45, 7) is 5.39. The van der Waals surface area contributed by atoms with Crippen LogP contribution in [0.3, 0.4) is 0 Å². The number of nitrogens with zero attached hydrogens (tertiary/aromatic N) is 4. The molecule has 0 aromatic carbocycles. The van der Waals surface area contributed by atoms with Crippen molar-refractivity contribution in [2.75, 3.05) is 13.1 Å². The topological polar surface area (TPSA) is 77.3 Å². The molecule has 0 saturated carbocycles. The van der Waals surface area contributed by atoms with Crippen molar-refractivity contribution in [3.05, 3.63) is 47.6 Å². The Labute approximate surface area is 145 Å². The number of piperidine rings is 1. The van der Waals surface area contributed by atoms with Crippen LogP contribution in [0, 0.1) is 13.8 Å². The second-order valence-electron chi connectivity index (χ2n) is 6.47. The highest BCUT2D eigenvalue weighted by Gasteiger charge is 2.28.